The molecule has 0 spiro atoms. The number of carbonyl (C=O) groups excluding carboxylic acids is 1. The summed E-state index contributed by atoms with van der Waals surface area (Å²) in [6.07, 6.45) is 0.675. The number of hydrogen-bond acceptors (Lipinski definition) is 3. The maximum absolute atomic E-state index is 12.3. The van der Waals surface area contributed by atoms with Gasteiger partial charge < -0.3 is 4.90 Å². The average Bonchev–Trinajstić information content (AvgIpc) is 2.98. The minimum absolute atomic E-state index is 0.0600. The van der Waals surface area contributed by atoms with Crippen LogP contribution in [0.5, 0.6) is 0 Å². The second-order valence-corrected chi connectivity index (χ2v) is 5.37. The molecule has 0 saturated heterocycles. The van der Waals surface area contributed by atoms with Crippen LogP contribution in [0.3, 0.4) is 0 Å². The second kappa shape index (κ2) is 4.45. The summed E-state index contributed by atoms with van der Waals surface area (Å²) in [4.78, 5) is 20.6. The van der Waals surface area contributed by atoms with Gasteiger partial charge in [0.2, 0.25) is 5.96 Å². The van der Waals surface area contributed by atoms with Crippen molar-refractivity contribution in [2.24, 2.45) is 4.99 Å². The number of fused-ring (bicyclic) bond motifs is 3. The molecule has 1 atom stereocenters. The van der Waals surface area contributed by atoms with E-state index in [4.69, 9.17) is 0 Å². The molecule has 0 N–H and O–H groups in total. The van der Waals surface area contributed by atoms with E-state index in [-0.39, 0.29) is 11.9 Å². The molecular weight excluding hydrogens is 262 g/mol. The number of guanidine groups is 1. The zero-order chi connectivity index (χ0) is 14.4. The number of amides is 1. The Morgan fingerprint density at radius 2 is 1.67 bits per heavy atom. The summed E-state index contributed by atoms with van der Waals surface area (Å²) in [7, 11) is 1.95. The number of aliphatic imine (C=N–C) groups is 1. The quantitative estimate of drug-likeness (QED) is 0.846. The Morgan fingerprint density at radius 3 is 2.43 bits per heavy atom. The first-order chi connectivity index (χ1) is 10.3. The van der Waals surface area contributed by atoms with Crippen molar-refractivity contribution < 1.29 is 4.79 Å². The summed E-state index contributed by atoms with van der Waals surface area (Å²) in [6.45, 7) is 0. The zero-order valence-electron chi connectivity index (χ0n) is 11.7. The number of benzene rings is 2. The first kappa shape index (κ1) is 12.1. The summed E-state index contributed by atoms with van der Waals surface area (Å²) in [5.74, 6) is 0.678. The fourth-order valence-electron chi connectivity index (χ4n) is 3.06. The van der Waals surface area contributed by atoms with Crippen LogP contribution in [0.4, 0.5) is 11.4 Å². The molecule has 4 nitrogen and oxygen atoms in total. The summed E-state index contributed by atoms with van der Waals surface area (Å²) >= 11 is 0. The minimum Gasteiger partial charge on any atom is -0.313 e. The van der Waals surface area contributed by atoms with Crippen LogP contribution in [0.1, 0.15) is 5.56 Å². The highest BCUT2D eigenvalue weighted by Crippen LogP contribution is 2.40. The molecule has 0 saturated carbocycles. The fourth-order valence-corrected chi connectivity index (χ4v) is 3.06. The minimum atomic E-state index is -0.242. The molecule has 1 unspecified atom stereocenters. The van der Waals surface area contributed by atoms with Crippen molar-refractivity contribution in [3.8, 4) is 0 Å². The Balaban J connectivity index is 1.73. The van der Waals surface area contributed by atoms with Gasteiger partial charge in [-0.25, -0.2) is 0 Å². The highest BCUT2D eigenvalue weighted by molar-refractivity contribution is 6.25. The number of rotatable bonds is 2. The van der Waals surface area contributed by atoms with Crippen LogP contribution in [-0.4, -0.2) is 25.0 Å². The highest BCUT2D eigenvalue weighted by atomic mass is 16.2. The Labute approximate surface area is 123 Å². The van der Waals surface area contributed by atoms with E-state index < -0.39 is 0 Å². The van der Waals surface area contributed by atoms with Crippen molar-refractivity contribution in [3.05, 3.63) is 60.2 Å². The van der Waals surface area contributed by atoms with Crippen molar-refractivity contribution in [3.63, 3.8) is 0 Å². The van der Waals surface area contributed by atoms with E-state index >= 15 is 0 Å². The van der Waals surface area contributed by atoms with Gasteiger partial charge in [-0.05, 0) is 17.7 Å². The molecule has 0 bridgehead atoms. The molecule has 0 radical (unpaired) electrons. The highest BCUT2D eigenvalue weighted by Gasteiger charge is 2.43. The number of para-hydroxylation sites is 2. The second-order valence-electron chi connectivity index (χ2n) is 5.37. The largest absolute Gasteiger partial charge is 0.313 e. The van der Waals surface area contributed by atoms with Gasteiger partial charge in [-0.1, -0.05) is 42.5 Å². The van der Waals surface area contributed by atoms with Crippen LogP contribution in [0.15, 0.2) is 59.6 Å². The molecule has 0 aromatic heterocycles. The lowest BCUT2D eigenvalue weighted by Gasteiger charge is -2.21. The van der Waals surface area contributed by atoms with Crippen LogP contribution in [-0.2, 0) is 11.2 Å². The van der Waals surface area contributed by atoms with Crippen LogP contribution in [0, 0.1) is 0 Å². The number of carbonyl (C=O) groups is 1. The predicted octanol–water partition coefficient (Wildman–Crippen LogP) is 2.45. The SMILES string of the molecule is CN1C2=NC(=O)C(Cc3ccccc3)N2c2ccccc21. The number of nitrogens with zero attached hydrogens (tertiary/aromatic N) is 3. The van der Waals surface area contributed by atoms with E-state index in [1.165, 1.54) is 0 Å². The zero-order valence-corrected chi connectivity index (χ0v) is 11.7. The molecule has 4 rings (SSSR count). The normalized spacial score (nSPS) is 19.6. The summed E-state index contributed by atoms with van der Waals surface area (Å²) in [5, 5.41) is 0. The molecule has 2 aliphatic heterocycles. The predicted molar refractivity (Wildman–Crippen MR) is 83.7 cm³/mol. The van der Waals surface area contributed by atoms with Gasteiger partial charge in [0.25, 0.3) is 5.91 Å². The third kappa shape index (κ3) is 1.76. The molecule has 21 heavy (non-hydrogen) atoms. The lowest BCUT2D eigenvalue weighted by Crippen LogP contribution is -2.41. The Kier molecular flexibility index (Phi) is 2.57. The smallest absolute Gasteiger partial charge is 0.272 e. The molecule has 4 heteroatoms. The maximum Gasteiger partial charge on any atom is 0.272 e. The summed E-state index contributed by atoms with van der Waals surface area (Å²) < 4.78 is 0. The van der Waals surface area contributed by atoms with Crippen molar-refractivity contribution in [2.45, 2.75) is 12.5 Å². The van der Waals surface area contributed by atoms with Gasteiger partial charge in [0.15, 0.2) is 0 Å². The van der Waals surface area contributed by atoms with E-state index in [0.29, 0.717) is 6.42 Å². The van der Waals surface area contributed by atoms with Crippen molar-refractivity contribution >= 4 is 23.2 Å². The monoisotopic (exact) mass is 277 g/mol. The Hall–Kier alpha value is -2.62. The van der Waals surface area contributed by atoms with Gasteiger partial charge in [0, 0.05) is 13.5 Å². The summed E-state index contributed by atoms with van der Waals surface area (Å²) in [5.41, 5.74) is 3.31. The van der Waals surface area contributed by atoms with Crippen LogP contribution in [0.25, 0.3) is 0 Å². The topological polar surface area (TPSA) is 35.9 Å². The third-order valence-electron chi connectivity index (χ3n) is 4.10. The molecule has 2 aromatic rings. The Morgan fingerprint density at radius 1 is 1.00 bits per heavy atom. The van der Waals surface area contributed by atoms with Crippen molar-refractivity contribution in [1.82, 2.24) is 0 Å². The van der Waals surface area contributed by atoms with E-state index in [1.54, 1.807) is 0 Å². The molecule has 0 aliphatic carbocycles. The molecule has 104 valence electrons. The van der Waals surface area contributed by atoms with Crippen LogP contribution < -0.4 is 9.80 Å². The molecular formula is C17H15N3O. The fraction of sp³-hybridized carbons (Fsp3) is 0.176. The lowest BCUT2D eigenvalue weighted by molar-refractivity contribution is -0.118. The van der Waals surface area contributed by atoms with Gasteiger partial charge in [0.1, 0.15) is 6.04 Å². The Bertz CT molecular complexity index is 739. The lowest BCUT2D eigenvalue weighted by atomic mass is 10.0. The van der Waals surface area contributed by atoms with E-state index in [1.807, 2.05) is 48.3 Å². The number of hydrogen-bond donors (Lipinski definition) is 0. The van der Waals surface area contributed by atoms with Crippen molar-refractivity contribution in [2.75, 3.05) is 16.8 Å². The third-order valence-corrected chi connectivity index (χ3v) is 4.10. The molecule has 2 aromatic carbocycles. The van der Waals surface area contributed by atoms with Crippen molar-refractivity contribution in [1.29, 1.82) is 0 Å². The van der Waals surface area contributed by atoms with E-state index in [0.717, 1.165) is 22.9 Å². The standard InChI is InChI=1S/C17H15N3O/c1-19-13-9-5-6-10-14(13)20-15(16(21)18-17(19)20)11-12-7-3-2-4-8-12/h2-10,15H,11H2,1H3. The number of anilines is 2. The molecule has 2 heterocycles. The van der Waals surface area contributed by atoms with Crippen LogP contribution >= 0.6 is 0 Å². The van der Waals surface area contributed by atoms with E-state index in [2.05, 4.69) is 28.1 Å². The van der Waals surface area contributed by atoms with Gasteiger partial charge in [0.05, 0.1) is 11.4 Å². The maximum atomic E-state index is 12.3. The van der Waals surface area contributed by atoms with Gasteiger partial charge in [-0.3, -0.25) is 9.69 Å². The first-order valence-corrected chi connectivity index (χ1v) is 7.04. The molecule has 1 amide bonds. The van der Waals surface area contributed by atoms with Crippen LogP contribution in [0.2, 0.25) is 0 Å². The first-order valence-electron chi connectivity index (χ1n) is 7.04. The van der Waals surface area contributed by atoms with E-state index in [9.17, 15) is 4.79 Å². The van der Waals surface area contributed by atoms with Gasteiger partial charge >= 0.3 is 0 Å². The molecule has 0 fully saturated rings. The molecule has 2 aliphatic rings. The average molecular weight is 277 g/mol. The van der Waals surface area contributed by atoms with Gasteiger partial charge in [-0.15, -0.1) is 0 Å². The van der Waals surface area contributed by atoms with Gasteiger partial charge in [-0.2, -0.15) is 4.99 Å². The summed E-state index contributed by atoms with van der Waals surface area (Å²) in [6, 6.07) is 18.0.